The van der Waals surface area contributed by atoms with E-state index in [9.17, 15) is 13.2 Å². The molecule has 1 rings (SSSR count). The van der Waals surface area contributed by atoms with Gasteiger partial charge in [0.2, 0.25) is 0 Å². The van der Waals surface area contributed by atoms with Crippen LogP contribution in [-0.4, -0.2) is 6.54 Å². The van der Waals surface area contributed by atoms with Gasteiger partial charge in [0.05, 0.1) is 16.3 Å². The summed E-state index contributed by atoms with van der Waals surface area (Å²) in [4.78, 5) is 0. The van der Waals surface area contributed by atoms with Crippen LogP contribution in [-0.2, 0) is 6.18 Å². The lowest BCUT2D eigenvalue weighted by molar-refractivity contribution is -0.137. The Labute approximate surface area is 107 Å². The van der Waals surface area contributed by atoms with Gasteiger partial charge in [-0.1, -0.05) is 23.2 Å². The van der Waals surface area contributed by atoms with Gasteiger partial charge >= 0.3 is 6.18 Å². The molecule has 1 N–H and O–H groups in total. The van der Waals surface area contributed by atoms with Crippen molar-refractivity contribution < 1.29 is 13.2 Å². The van der Waals surface area contributed by atoms with Gasteiger partial charge in [-0.05, 0) is 30.7 Å². The molecule has 0 radical (unpaired) electrons. The van der Waals surface area contributed by atoms with E-state index in [1.807, 2.05) is 0 Å². The zero-order valence-electron chi connectivity index (χ0n) is 8.91. The second-order valence-corrected chi connectivity index (χ2v) is 4.13. The quantitative estimate of drug-likeness (QED) is 0.831. The molecule has 0 saturated carbocycles. The minimum absolute atomic E-state index is 0.236. The number of hydrogen-bond acceptors (Lipinski definition) is 1. The maximum Gasteiger partial charge on any atom is 0.416 e. The van der Waals surface area contributed by atoms with Crippen LogP contribution < -0.4 is 5.32 Å². The Kier molecular flexibility index (Phi) is 4.71. The van der Waals surface area contributed by atoms with Gasteiger partial charge in [-0.15, -0.1) is 0 Å². The summed E-state index contributed by atoms with van der Waals surface area (Å²) in [6.07, 6.45) is -4.38. The molecule has 0 saturated heterocycles. The van der Waals surface area contributed by atoms with Gasteiger partial charge in [0.15, 0.2) is 0 Å². The van der Waals surface area contributed by atoms with Crippen LogP contribution in [0.3, 0.4) is 0 Å². The molecule has 6 heteroatoms. The summed E-state index contributed by atoms with van der Waals surface area (Å²) >= 11 is 11.2. The van der Waals surface area contributed by atoms with E-state index in [1.54, 1.807) is 6.92 Å². The van der Waals surface area contributed by atoms with Crippen LogP contribution in [0.15, 0.2) is 29.3 Å². The molecule has 0 aliphatic heterocycles. The number of anilines is 1. The summed E-state index contributed by atoms with van der Waals surface area (Å²) in [5.74, 6) is 0. The fraction of sp³-hybridized carbons (Fsp3) is 0.273. The molecule has 1 aromatic rings. The molecule has 1 aromatic carbocycles. The van der Waals surface area contributed by atoms with Crippen molar-refractivity contribution in [1.29, 1.82) is 0 Å². The molecule has 0 spiro atoms. The predicted molar refractivity (Wildman–Crippen MR) is 64.6 cm³/mol. The third-order valence-electron chi connectivity index (χ3n) is 2.04. The molecule has 94 valence electrons. The summed E-state index contributed by atoms with van der Waals surface area (Å²) in [5, 5.41) is 3.03. The predicted octanol–water partition coefficient (Wildman–Crippen LogP) is 4.91. The van der Waals surface area contributed by atoms with Gasteiger partial charge in [0.1, 0.15) is 0 Å². The minimum Gasteiger partial charge on any atom is -0.380 e. The number of halogens is 5. The van der Waals surface area contributed by atoms with Crippen LogP contribution in [0.5, 0.6) is 0 Å². The number of alkyl halides is 3. The number of rotatable bonds is 3. The monoisotopic (exact) mass is 283 g/mol. The Morgan fingerprint density at radius 3 is 2.59 bits per heavy atom. The van der Waals surface area contributed by atoms with E-state index in [-0.39, 0.29) is 10.7 Å². The number of nitrogens with one attached hydrogen (secondary N) is 1. The second kappa shape index (κ2) is 5.65. The fourth-order valence-corrected chi connectivity index (χ4v) is 1.37. The fourth-order valence-electron chi connectivity index (χ4n) is 1.11. The molecule has 0 unspecified atom stereocenters. The van der Waals surface area contributed by atoms with E-state index in [0.29, 0.717) is 6.54 Å². The standard InChI is InChI=1S/C11H10Cl2F3N/c1-7(5-12)6-17-10-4-8(11(14,15)16)2-3-9(10)13/h2-5,17H,6H2,1H3/b7-5-. The highest BCUT2D eigenvalue weighted by molar-refractivity contribution is 6.33. The first-order valence-corrected chi connectivity index (χ1v) is 5.52. The molecular formula is C11H10Cl2F3N. The molecule has 0 aliphatic carbocycles. The molecule has 0 aromatic heterocycles. The number of hydrogen-bond donors (Lipinski definition) is 1. The summed E-state index contributed by atoms with van der Waals surface area (Å²) in [6, 6.07) is 3.13. The highest BCUT2D eigenvalue weighted by Crippen LogP contribution is 2.33. The Morgan fingerprint density at radius 2 is 2.06 bits per heavy atom. The summed E-state index contributed by atoms with van der Waals surface area (Å²) in [7, 11) is 0. The Bertz CT molecular complexity index is 427. The Morgan fingerprint density at radius 1 is 1.41 bits per heavy atom. The molecule has 0 aliphatic rings. The van der Waals surface area contributed by atoms with Crippen LogP contribution in [0, 0.1) is 0 Å². The number of benzene rings is 1. The van der Waals surface area contributed by atoms with Gasteiger partial charge in [0, 0.05) is 12.1 Å². The van der Waals surface area contributed by atoms with E-state index in [1.165, 1.54) is 11.6 Å². The Hall–Kier alpha value is -0.870. The minimum atomic E-state index is -4.38. The zero-order valence-corrected chi connectivity index (χ0v) is 10.4. The SMILES string of the molecule is C/C(=C/Cl)CNc1cc(C(F)(F)F)ccc1Cl. The zero-order chi connectivity index (χ0) is 13.1. The topological polar surface area (TPSA) is 12.0 Å². The molecular weight excluding hydrogens is 274 g/mol. The van der Waals surface area contributed by atoms with Crippen molar-refractivity contribution in [2.24, 2.45) is 0 Å². The van der Waals surface area contributed by atoms with E-state index >= 15 is 0 Å². The van der Waals surface area contributed by atoms with Crippen LogP contribution in [0.1, 0.15) is 12.5 Å². The molecule has 0 atom stereocenters. The van der Waals surface area contributed by atoms with Crippen molar-refractivity contribution in [1.82, 2.24) is 0 Å². The lowest BCUT2D eigenvalue weighted by Crippen LogP contribution is -2.08. The average Bonchev–Trinajstić information content (AvgIpc) is 2.26. The summed E-state index contributed by atoms with van der Waals surface area (Å²) < 4.78 is 37.4. The molecule has 0 fully saturated rings. The maximum absolute atomic E-state index is 12.5. The van der Waals surface area contributed by atoms with Crippen molar-refractivity contribution in [2.75, 3.05) is 11.9 Å². The molecule has 17 heavy (non-hydrogen) atoms. The Balaban J connectivity index is 2.91. The van der Waals surface area contributed by atoms with E-state index in [4.69, 9.17) is 23.2 Å². The van der Waals surface area contributed by atoms with Crippen LogP contribution in [0.25, 0.3) is 0 Å². The normalized spacial score (nSPS) is 12.7. The molecule has 0 heterocycles. The second-order valence-electron chi connectivity index (χ2n) is 3.50. The highest BCUT2D eigenvalue weighted by atomic mass is 35.5. The van der Waals surface area contributed by atoms with E-state index in [2.05, 4.69) is 5.32 Å². The van der Waals surface area contributed by atoms with Crippen LogP contribution in [0.4, 0.5) is 18.9 Å². The van der Waals surface area contributed by atoms with E-state index in [0.717, 1.165) is 17.7 Å². The van der Waals surface area contributed by atoms with Crippen molar-refractivity contribution in [3.8, 4) is 0 Å². The lowest BCUT2D eigenvalue weighted by Gasteiger charge is -2.12. The van der Waals surface area contributed by atoms with Crippen molar-refractivity contribution in [3.63, 3.8) is 0 Å². The largest absolute Gasteiger partial charge is 0.416 e. The molecule has 1 nitrogen and oxygen atoms in total. The van der Waals surface area contributed by atoms with Gasteiger partial charge in [-0.3, -0.25) is 0 Å². The van der Waals surface area contributed by atoms with Crippen LogP contribution in [0.2, 0.25) is 5.02 Å². The first-order chi connectivity index (χ1) is 7.84. The van der Waals surface area contributed by atoms with Crippen molar-refractivity contribution in [3.05, 3.63) is 39.9 Å². The average molecular weight is 284 g/mol. The van der Waals surface area contributed by atoms with Crippen LogP contribution >= 0.6 is 23.2 Å². The van der Waals surface area contributed by atoms with Gasteiger partial charge in [-0.2, -0.15) is 13.2 Å². The van der Waals surface area contributed by atoms with Gasteiger partial charge in [-0.25, -0.2) is 0 Å². The van der Waals surface area contributed by atoms with Gasteiger partial charge < -0.3 is 5.32 Å². The summed E-state index contributed by atoms with van der Waals surface area (Å²) in [6.45, 7) is 2.09. The van der Waals surface area contributed by atoms with Crippen molar-refractivity contribution >= 4 is 28.9 Å². The first-order valence-electron chi connectivity index (χ1n) is 4.71. The first kappa shape index (κ1) is 14.2. The lowest BCUT2D eigenvalue weighted by atomic mass is 10.2. The van der Waals surface area contributed by atoms with Gasteiger partial charge in [0.25, 0.3) is 0 Å². The third-order valence-corrected chi connectivity index (χ3v) is 2.74. The third kappa shape index (κ3) is 4.13. The highest BCUT2D eigenvalue weighted by Gasteiger charge is 2.30. The van der Waals surface area contributed by atoms with Crippen molar-refractivity contribution in [2.45, 2.75) is 13.1 Å². The maximum atomic E-state index is 12.5. The molecule has 0 amide bonds. The summed E-state index contributed by atoms with van der Waals surface area (Å²) in [5.41, 5.74) is 1.64. The molecule has 0 bridgehead atoms. The smallest absolute Gasteiger partial charge is 0.380 e. The van der Waals surface area contributed by atoms with E-state index < -0.39 is 11.7 Å².